The van der Waals surface area contributed by atoms with Crippen molar-refractivity contribution < 1.29 is 19.1 Å². The van der Waals surface area contributed by atoms with Crippen LogP contribution in [-0.2, 0) is 19.1 Å². The second-order valence-electron chi connectivity index (χ2n) is 7.32. The molecule has 0 amide bonds. The van der Waals surface area contributed by atoms with Gasteiger partial charge in [0.2, 0.25) is 0 Å². The van der Waals surface area contributed by atoms with Crippen molar-refractivity contribution in [3.05, 3.63) is 12.2 Å². The molecular weight excluding hydrogens is 328 g/mol. The number of carbonyl (C=O) groups excluding carboxylic acids is 3. The molecule has 0 radical (unpaired) electrons. The fourth-order valence-electron chi connectivity index (χ4n) is 3.62. The minimum atomic E-state index is -0.118. The van der Waals surface area contributed by atoms with Crippen LogP contribution in [0.15, 0.2) is 12.2 Å². The number of unbranched alkanes of at least 4 members (excludes halogenated alkanes) is 5. The van der Waals surface area contributed by atoms with E-state index in [-0.39, 0.29) is 23.6 Å². The lowest BCUT2D eigenvalue weighted by Gasteiger charge is -2.14. The van der Waals surface area contributed by atoms with Crippen LogP contribution in [-0.4, -0.2) is 24.1 Å². The van der Waals surface area contributed by atoms with E-state index in [1.54, 1.807) is 6.08 Å². The molecule has 0 aromatic carbocycles. The van der Waals surface area contributed by atoms with Crippen LogP contribution in [0.5, 0.6) is 0 Å². The van der Waals surface area contributed by atoms with Gasteiger partial charge in [-0.3, -0.25) is 14.4 Å². The van der Waals surface area contributed by atoms with Crippen LogP contribution in [0.4, 0.5) is 0 Å². The summed E-state index contributed by atoms with van der Waals surface area (Å²) >= 11 is 0. The summed E-state index contributed by atoms with van der Waals surface area (Å²) in [6.07, 6.45) is 14.3. The van der Waals surface area contributed by atoms with Crippen LogP contribution in [0.1, 0.15) is 90.9 Å². The van der Waals surface area contributed by atoms with Gasteiger partial charge in [-0.2, -0.15) is 0 Å². The number of ketones is 2. The Hall–Kier alpha value is -1.45. The van der Waals surface area contributed by atoms with E-state index in [0.29, 0.717) is 31.7 Å². The van der Waals surface area contributed by atoms with Crippen molar-refractivity contribution in [2.75, 3.05) is 6.61 Å². The third kappa shape index (κ3) is 9.30. The molecule has 0 saturated heterocycles. The predicted molar refractivity (Wildman–Crippen MR) is 104 cm³/mol. The van der Waals surface area contributed by atoms with Crippen molar-refractivity contribution in [2.45, 2.75) is 90.9 Å². The highest BCUT2D eigenvalue weighted by Crippen LogP contribution is 2.33. The Bertz CT molecular complexity index is 467. The molecule has 2 atom stereocenters. The first-order valence-electron chi connectivity index (χ1n) is 10.5. The average Bonchev–Trinajstić information content (AvgIpc) is 2.96. The molecule has 4 nitrogen and oxygen atoms in total. The fourth-order valence-corrected chi connectivity index (χ4v) is 3.62. The van der Waals surface area contributed by atoms with Crippen LogP contribution in [0, 0.1) is 11.8 Å². The van der Waals surface area contributed by atoms with E-state index < -0.39 is 0 Å². The average molecular weight is 365 g/mol. The number of hydrogen-bond acceptors (Lipinski definition) is 4. The Morgan fingerprint density at radius 1 is 1.04 bits per heavy atom. The van der Waals surface area contributed by atoms with Gasteiger partial charge in [-0.15, -0.1) is 0 Å². The Morgan fingerprint density at radius 3 is 2.50 bits per heavy atom. The minimum Gasteiger partial charge on any atom is -0.466 e. The summed E-state index contributed by atoms with van der Waals surface area (Å²) in [4.78, 5) is 35.3. The van der Waals surface area contributed by atoms with Gasteiger partial charge in [-0.25, -0.2) is 0 Å². The van der Waals surface area contributed by atoms with Crippen molar-refractivity contribution in [2.24, 2.45) is 11.8 Å². The van der Waals surface area contributed by atoms with Crippen LogP contribution >= 0.6 is 0 Å². The zero-order chi connectivity index (χ0) is 19.2. The summed E-state index contributed by atoms with van der Waals surface area (Å²) in [6, 6.07) is 0. The highest BCUT2D eigenvalue weighted by molar-refractivity contribution is 5.90. The number of carbonyl (C=O) groups is 3. The lowest BCUT2D eigenvalue weighted by Crippen LogP contribution is -2.13. The van der Waals surface area contributed by atoms with Gasteiger partial charge in [0, 0.05) is 25.2 Å². The lowest BCUT2D eigenvalue weighted by molar-refractivity contribution is -0.143. The molecule has 0 aliphatic heterocycles. The molecule has 1 saturated carbocycles. The number of rotatable bonds is 14. The Morgan fingerprint density at radius 2 is 1.77 bits per heavy atom. The molecule has 0 unspecified atom stereocenters. The topological polar surface area (TPSA) is 60.4 Å². The molecular formula is C22H36O4. The fraction of sp³-hybridized carbons (Fsp3) is 0.773. The summed E-state index contributed by atoms with van der Waals surface area (Å²) in [5.41, 5.74) is 0. The van der Waals surface area contributed by atoms with Crippen LogP contribution in [0.2, 0.25) is 0 Å². The molecule has 1 aliphatic carbocycles. The molecule has 0 bridgehead atoms. The third-order valence-corrected chi connectivity index (χ3v) is 5.16. The molecule has 4 heteroatoms. The number of hydrogen-bond donors (Lipinski definition) is 0. The number of ether oxygens (including phenoxy) is 1. The maximum Gasteiger partial charge on any atom is 0.305 e. The van der Waals surface area contributed by atoms with Gasteiger partial charge in [-0.05, 0) is 44.6 Å². The van der Waals surface area contributed by atoms with Gasteiger partial charge >= 0.3 is 5.97 Å². The molecule has 26 heavy (non-hydrogen) atoms. The molecule has 0 aromatic heterocycles. The first-order valence-corrected chi connectivity index (χ1v) is 10.5. The van der Waals surface area contributed by atoms with E-state index >= 15 is 0 Å². The number of Topliss-reactive ketones (excluding diaryl/α,β-unsaturated/α-hetero) is 1. The number of esters is 1. The first kappa shape index (κ1) is 22.6. The predicted octanol–water partition coefficient (Wildman–Crippen LogP) is 5.19. The lowest BCUT2D eigenvalue weighted by atomic mass is 9.89. The van der Waals surface area contributed by atoms with Crippen molar-refractivity contribution >= 4 is 17.5 Å². The van der Waals surface area contributed by atoms with Crippen molar-refractivity contribution in [1.29, 1.82) is 0 Å². The summed E-state index contributed by atoms with van der Waals surface area (Å²) in [5, 5.41) is 0. The molecule has 1 fully saturated rings. The maximum absolute atomic E-state index is 12.1. The van der Waals surface area contributed by atoms with Crippen LogP contribution in [0.3, 0.4) is 0 Å². The van der Waals surface area contributed by atoms with Crippen LogP contribution < -0.4 is 0 Å². The van der Waals surface area contributed by atoms with E-state index in [2.05, 4.69) is 6.92 Å². The summed E-state index contributed by atoms with van der Waals surface area (Å²) in [5.74, 6) is 0.740. The van der Waals surface area contributed by atoms with E-state index in [9.17, 15) is 14.4 Å². The SMILES string of the molecule is CCCCCC(=O)C=C[C@H]1CCC(=O)[C@H]1CCCCCCC(=O)OCC. The van der Waals surface area contributed by atoms with Crippen molar-refractivity contribution in [3.63, 3.8) is 0 Å². The Labute approximate surface area is 158 Å². The van der Waals surface area contributed by atoms with E-state index in [1.165, 1.54) is 0 Å². The smallest absolute Gasteiger partial charge is 0.305 e. The first-order chi connectivity index (χ1) is 12.6. The summed E-state index contributed by atoms with van der Waals surface area (Å²) in [6.45, 7) is 4.39. The highest BCUT2D eigenvalue weighted by Gasteiger charge is 2.32. The molecule has 0 spiro atoms. The minimum absolute atomic E-state index is 0.0831. The molecule has 1 aliphatic rings. The summed E-state index contributed by atoms with van der Waals surface area (Å²) in [7, 11) is 0. The van der Waals surface area contributed by atoms with E-state index in [4.69, 9.17) is 4.74 Å². The molecule has 148 valence electrons. The largest absolute Gasteiger partial charge is 0.466 e. The van der Waals surface area contributed by atoms with Crippen LogP contribution in [0.25, 0.3) is 0 Å². The standard InChI is InChI=1S/C22H36O4/c1-3-5-8-11-19(23)16-14-18-15-17-21(24)20(18)12-9-6-7-10-13-22(25)26-4-2/h14,16,18,20H,3-13,15,17H2,1-2H3/t18-,20-/m0/s1. The zero-order valence-electron chi connectivity index (χ0n) is 16.6. The second kappa shape index (κ2) is 13.7. The zero-order valence-corrected chi connectivity index (χ0v) is 16.6. The normalized spacial score (nSPS) is 20.0. The summed E-state index contributed by atoms with van der Waals surface area (Å²) < 4.78 is 4.92. The Balaban J connectivity index is 2.25. The van der Waals surface area contributed by atoms with Gasteiger partial charge in [0.05, 0.1) is 6.61 Å². The van der Waals surface area contributed by atoms with Gasteiger partial charge in [0.15, 0.2) is 5.78 Å². The van der Waals surface area contributed by atoms with Gasteiger partial charge in [-0.1, -0.05) is 45.1 Å². The quantitative estimate of drug-likeness (QED) is 0.242. The maximum atomic E-state index is 12.1. The highest BCUT2D eigenvalue weighted by atomic mass is 16.5. The monoisotopic (exact) mass is 364 g/mol. The van der Waals surface area contributed by atoms with E-state index in [0.717, 1.165) is 57.8 Å². The molecule has 1 rings (SSSR count). The van der Waals surface area contributed by atoms with Gasteiger partial charge in [0.1, 0.15) is 5.78 Å². The van der Waals surface area contributed by atoms with Crippen molar-refractivity contribution in [1.82, 2.24) is 0 Å². The molecule has 0 heterocycles. The van der Waals surface area contributed by atoms with Crippen molar-refractivity contribution in [3.8, 4) is 0 Å². The number of allylic oxidation sites excluding steroid dienone is 2. The van der Waals surface area contributed by atoms with Gasteiger partial charge < -0.3 is 4.74 Å². The van der Waals surface area contributed by atoms with E-state index in [1.807, 2.05) is 13.0 Å². The molecule has 0 N–H and O–H groups in total. The van der Waals surface area contributed by atoms with Gasteiger partial charge in [0.25, 0.3) is 0 Å². The third-order valence-electron chi connectivity index (χ3n) is 5.16. The Kier molecular flexibility index (Phi) is 11.9. The molecule has 0 aromatic rings. The second-order valence-corrected chi connectivity index (χ2v) is 7.32.